The molecule has 5 nitrogen and oxygen atoms in total. The number of carbonyl (C=O) groups is 1. The van der Waals surface area contributed by atoms with Crippen molar-refractivity contribution in [2.24, 2.45) is 0 Å². The zero-order valence-electron chi connectivity index (χ0n) is 15.1. The van der Waals surface area contributed by atoms with E-state index in [1.165, 1.54) is 18.2 Å². The standard InChI is InChI=1S/C19H24FN3O2/c1-13(16-5-7-17(20)8-6-16)11-19(24)21-12-18-14(2)22-23(15(18)3)9-10-25-4/h5-8,11H,9-10,12H2,1-4H3,(H,21,24). The number of amides is 1. The van der Waals surface area contributed by atoms with Crippen LogP contribution in [0, 0.1) is 19.7 Å². The molecule has 1 aromatic carbocycles. The van der Waals surface area contributed by atoms with Crippen LogP contribution in [-0.2, 0) is 22.6 Å². The van der Waals surface area contributed by atoms with Crippen LogP contribution in [0.15, 0.2) is 30.3 Å². The van der Waals surface area contributed by atoms with Crippen molar-refractivity contribution in [3.05, 3.63) is 58.7 Å². The topological polar surface area (TPSA) is 56.1 Å². The fraction of sp³-hybridized carbons (Fsp3) is 0.368. The average Bonchev–Trinajstić information content (AvgIpc) is 2.85. The molecule has 0 bridgehead atoms. The summed E-state index contributed by atoms with van der Waals surface area (Å²) in [6.45, 7) is 7.42. The fourth-order valence-electron chi connectivity index (χ4n) is 2.60. The second-order valence-electron chi connectivity index (χ2n) is 5.92. The maximum Gasteiger partial charge on any atom is 0.244 e. The lowest BCUT2D eigenvalue weighted by Gasteiger charge is -2.06. The Balaban J connectivity index is 2.01. The largest absolute Gasteiger partial charge is 0.383 e. The number of hydrogen-bond acceptors (Lipinski definition) is 3. The van der Waals surface area contributed by atoms with Gasteiger partial charge in [0.05, 0.1) is 18.8 Å². The lowest BCUT2D eigenvalue weighted by atomic mass is 10.1. The van der Waals surface area contributed by atoms with Crippen LogP contribution in [0.25, 0.3) is 5.57 Å². The third kappa shape index (κ3) is 5.00. The molecule has 0 aliphatic carbocycles. The van der Waals surface area contributed by atoms with E-state index in [4.69, 9.17) is 4.74 Å². The van der Waals surface area contributed by atoms with Gasteiger partial charge in [-0.25, -0.2) is 4.39 Å². The SMILES string of the molecule is COCCn1nc(C)c(CNC(=O)C=C(C)c2ccc(F)cc2)c1C. The number of benzene rings is 1. The van der Waals surface area contributed by atoms with E-state index in [0.29, 0.717) is 19.7 Å². The molecule has 25 heavy (non-hydrogen) atoms. The first-order valence-electron chi connectivity index (χ1n) is 8.16. The van der Waals surface area contributed by atoms with Crippen molar-refractivity contribution in [3.8, 4) is 0 Å². The number of rotatable bonds is 7. The molecule has 1 heterocycles. The fourth-order valence-corrected chi connectivity index (χ4v) is 2.60. The van der Waals surface area contributed by atoms with Crippen LogP contribution in [0.2, 0.25) is 0 Å². The van der Waals surface area contributed by atoms with Gasteiger partial charge in [-0.1, -0.05) is 12.1 Å². The molecule has 2 aromatic rings. The lowest BCUT2D eigenvalue weighted by molar-refractivity contribution is -0.116. The second-order valence-corrected chi connectivity index (χ2v) is 5.92. The van der Waals surface area contributed by atoms with Crippen molar-refractivity contribution in [1.29, 1.82) is 0 Å². The molecule has 0 aliphatic rings. The monoisotopic (exact) mass is 345 g/mol. The third-order valence-electron chi connectivity index (χ3n) is 4.13. The highest BCUT2D eigenvalue weighted by Gasteiger charge is 2.12. The van der Waals surface area contributed by atoms with Crippen molar-refractivity contribution in [3.63, 3.8) is 0 Å². The predicted octanol–water partition coefficient (Wildman–Crippen LogP) is 3.01. The molecule has 2 rings (SSSR count). The quantitative estimate of drug-likeness (QED) is 0.785. The third-order valence-corrected chi connectivity index (χ3v) is 4.13. The Morgan fingerprint density at radius 2 is 2.00 bits per heavy atom. The molecule has 6 heteroatoms. The second kappa shape index (κ2) is 8.58. The molecule has 1 N–H and O–H groups in total. The molecule has 0 atom stereocenters. The average molecular weight is 345 g/mol. The van der Waals surface area contributed by atoms with Gasteiger partial charge >= 0.3 is 0 Å². The Bertz CT molecular complexity index is 764. The van der Waals surface area contributed by atoms with Gasteiger partial charge in [-0.15, -0.1) is 0 Å². The van der Waals surface area contributed by atoms with Crippen molar-refractivity contribution < 1.29 is 13.9 Å². The van der Waals surface area contributed by atoms with E-state index in [2.05, 4.69) is 10.4 Å². The number of allylic oxidation sites excluding steroid dienone is 1. The van der Waals surface area contributed by atoms with Gasteiger partial charge in [0.2, 0.25) is 5.91 Å². The Hall–Kier alpha value is -2.47. The maximum atomic E-state index is 13.0. The molecular weight excluding hydrogens is 321 g/mol. The molecule has 0 spiro atoms. The molecule has 0 aliphatic heterocycles. The number of carbonyl (C=O) groups excluding carboxylic acids is 1. The van der Waals surface area contributed by atoms with Crippen LogP contribution < -0.4 is 5.32 Å². The minimum Gasteiger partial charge on any atom is -0.383 e. The van der Waals surface area contributed by atoms with E-state index in [0.717, 1.165) is 28.1 Å². The smallest absolute Gasteiger partial charge is 0.244 e. The number of aryl methyl sites for hydroxylation is 1. The summed E-state index contributed by atoms with van der Waals surface area (Å²) in [6.07, 6.45) is 1.52. The van der Waals surface area contributed by atoms with E-state index in [1.807, 2.05) is 25.5 Å². The molecule has 0 saturated heterocycles. The molecule has 1 amide bonds. The van der Waals surface area contributed by atoms with Crippen LogP contribution in [0.4, 0.5) is 4.39 Å². The summed E-state index contributed by atoms with van der Waals surface area (Å²) in [5.74, 6) is -0.484. The van der Waals surface area contributed by atoms with Crippen molar-refractivity contribution in [1.82, 2.24) is 15.1 Å². The molecule has 134 valence electrons. The summed E-state index contributed by atoms with van der Waals surface area (Å²) in [4.78, 5) is 12.2. The summed E-state index contributed by atoms with van der Waals surface area (Å²) in [5.41, 5.74) is 4.53. The highest BCUT2D eigenvalue weighted by molar-refractivity contribution is 5.94. The number of hydrogen-bond donors (Lipinski definition) is 1. The van der Waals surface area contributed by atoms with Gasteiger partial charge < -0.3 is 10.1 Å². The zero-order valence-corrected chi connectivity index (χ0v) is 15.1. The van der Waals surface area contributed by atoms with Gasteiger partial charge in [0, 0.05) is 31.0 Å². The highest BCUT2D eigenvalue weighted by Crippen LogP contribution is 2.15. The van der Waals surface area contributed by atoms with E-state index < -0.39 is 0 Å². The number of nitrogens with one attached hydrogen (secondary N) is 1. The maximum absolute atomic E-state index is 13.0. The highest BCUT2D eigenvalue weighted by atomic mass is 19.1. The van der Waals surface area contributed by atoms with E-state index >= 15 is 0 Å². The summed E-state index contributed by atoms with van der Waals surface area (Å²) < 4.78 is 19.9. The van der Waals surface area contributed by atoms with Crippen molar-refractivity contribution in [2.45, 2.75) is 33.9 Å². The predicted molar refractivity (Wildman–Crippen MR) is 95.5 cm³/mol. The molecule has 0 fully saturated rings. The van der Waals surface area contributed by atoms with Gasteiger partial charge in [-0.05, 0) is 44.0 Å². The van der Waals surface area contributed by atoms with Crippen LogP contribution >= 0.6 is 0 Å². The number of aromatic nitrogens is 2. The minimum absolute atomic E-state index is 0.190. The number of nitrogens with zero attached hydrogens (tertiary/aromatic N) is 2. The Morgan fingerprint density at radius 1 is 1.32 bits per heavy atom. The minimum atomic E-state index is -0.294. The molecule has 0 unspecified atom stereocenters. The molecule has 1 aromatic heterocycles. The lowest BCUT2D eigenvalue weighted by Crippen LogP contribution is -2.21. The van der Waals surface area contributed by atoms with Crippen molar-refractivity contribution in [2.75, 3.05) is 13.7 Å². The van der Waals surface area contributed by atoms with Crippen LogP contribution in [0.1, 0.15) is 29.4 Å². The molecular formula is C19H24FN3O2. The number of halogens is 1. The Kier molecular flexibility index (Phi) is 6.47. The molecule has 0 saturated carbocycles. The summed E-state index contributed by atoms with van der Waals surface area (Å²) in [5, 5.41) is 7.36. The first-order valence-corrected chi connectivity index (χ1v) is 8.16. The first-order chi connectivity index (χ1) is 11.9. The summed E-state index contributed by atoms with van der Waals surface area (Å²) in [6, 6.07) is 6.07. The summed E-state index contributed by atoms with van der Waals surface area (Å²) >= 11 is 0. The van der Waals surface area contributed by atoms with E-state index in [1.54, 1.807) is 19.2 Å². The molecule has 0 radical (unpaired) electrons. The van der Waals surface area contributed by atoms with Gasteiger partial charge in [0.1, 0.15) is 5.82 Å². The number of ether oxygens (including phenoxy) is 1. The Morgan fingerprint density at radius 3 is 2.64 bits per heavy atom. The zero-order chi connectivity index (χ0) is 18.4. The summed E-state index contributed by atoms with van der Waals surface area (Å²) in [7, 11) is 1.66. The van der Waals surface area contributed by atoms with Gasteiger partial charge in [0.25, 0.3) is 0 Å². The Labute approximate surface area is 147 Å². The van der Waals surface area contributed by atoms with Crippen molar-refractivity contribution >= 4 is 11.5 Å². The van der Waals surface area contributed by atoms with Gasteiger partial charge in [-0.2, -0.15) is 5.10 Å². The van der Waals surface area contributed by atoms with Crippen LogP contribution in [0.3, 0.4) is 0 Å². The van der Waals surface area contributed by atoms with Crippen LogP contribution in [-0.4, -0.2) is 29.4 Å². The van der Waals surface area contributed by atoms with Gasteiger partial charge in [-0.3, -0.25) is 9.48 Å². The van der Waals surface area contributed by atoms with E-state index in [9.17, 15) is 9.18 Å². The van der Waals surface area contributed by atoms with Crippen LogP contribution in [0.5, 0.6) is 0 Å². The normalized spacial score (nSPS) is 11.6. The van der Waals surface area contributed by atoms with E-state index in [-0.39, 0.29) is 11.7 Å². The number of methoxy groups -OCH3 is 1. The van der Waals surface area contributed by atoms with Gasteiger partial charge in [0.15, 0.2) is 0 Å². The first kappa shape index (κ1) is 18.9.